The maximum Gasteiger partial charge on any atom is 0.305 e. The number of carbonyl (C=O) groups excluding carboxylic acids is 2. The summed E-state index contributed by atoms with van der Waals surface area (Å²) in [5, 5.41) is 0. The molecule has 2 heterocycles. The van der Waals surface area contributed by atoms with Crippen LogP contribution < -0.4 is 0 Å². The lowest BCUT2D eigenvalue weighted by Crippen LogP contribution is -2.29. The van der Waals surface area contributed by atoms with Crippen molar-refractivity contribution < 1.29 is 18.7 Å². The van der Waals surface area contributed by atoms with Gasteiger partial charge in [0, 0.05) is 30.5 Å². The van der Waals surface area contributed by atoms with Crippen LogP contribution in [0.25, 0.3) is 22.6 Å². The summed E-state index contributed by atoms with van der Waals surface area (Å²) in [6, 6.07) is 19.9. The van der Waals surface area contributed by atoms with Gasteiger partial charge in [0.05, 0.1) is 7.11 Å². The molecule has 1 atom stereocenters. The maximum atomic E-state index is 12.7. The van der Waals surface area contributed by atoms with Crippen LogP contribution in [0.5, 0.6) is 0 Å². The molecule has 6 nitrogen and oxygen atoms in total. The summed E-state index contributed by atoms with van der Waals surface area (Å²) in [7, 11) is 1.42. The molecule has 178 valence electrons. The van der Waals surface area contributed by atoms with Crippen LogP contribution in [-0.4, -0.2) is 35.4 Å². The Labute approximate surface area is 200 Å². The molecule has 1 unspecified atom stereocenters. The van der Waals surface area contributed by atoms with E-state index < -0.39 is 0 Å². The number of aromatic nitrogens is 1. The molecule has 6 heteroatoms. The largest absolute Gasteiger partial charge is 0.469 e. The zero-order chi connectivity index (χ0) is 23.8. The van der Waals surface area contributed by atoms with Crippen LogP contribution in [0, 0.1) is 0 Å². The van der Waals surface area contributed by atoms with Crippen LogP contribution in [0.3, 0.4) is 0 Å². The van der Waals surface area contributed by atoms with Crippen LogP contribution in [0.15, 0.2) is 65.1 Å². The smallest absolute Gasteiger partial charge is 0.305 e. The molecule has 1 saturated heterocycles. The number of nitrogens with zero attached hydrogens (tertiary/aromatic N) is 2. The van der Waals surface area contributed by atoms with Gasteiger partial charge in [-0.1, -0.05) is 79.9 Å². The SMILES string of the molecule is COC(=O)CCCCCCCN1C(=O)CCC1c1nc(-c2ccccc2)c(-c2ccccc2)o1. The van der Waals surface area contributed by atoms with Crippen molar-refractivity contribution in [3.8, 4) is 22.6 Å². The van der Waals surface area contributed by atoms with E-state index in [1.54, 1.807) is 0 Å². The van der Waals surface area contributed by atoms with Gasteiger partial charge < -0.3 is 14.1 Å². The second-order valence-electron chi connectivity index (χ2n) is 8.70. The fraction of sp³-hybridized carbons (Fsp3) is 0.393. The summed E-state index contributed by atoms with van der Waals surface area (Å²) in [5.41, 5.74) is 2.79. The summed E-state index contributed by atoms with van der Waals surface area (Å²) >= 11 is 0. The molecule has 1 aromatic heterocycles. The molecule has 0 saturated carbocycles. The van der Waals surface area contributed by atoms with E-state index in [9.17, 15) is 9.59 Å². The van der Waals surface area contributed by atoms with Gasteiger partial charge >= 0.3 is 5.97 Å². The Bertz CT molecular complexity index is 1020. The van der Waals surface area contributed by atoms with E-state index >= 15 is 0 Å². The average Bonchev–Trinajstić information content (AvgIpc) is 3.48. The zero-order valence-electron chi connectivity index (χ0n) is 19.7. The standard InChI is InChI=1S/C28H32N2O4/c1-33-25(32)17-11-3-2-4-12-20-30-23(18-19-24(30)31)28-29-26(21-13-7-5-8-14-21)27(34-28)22-15-9-6-10-16-22/h5-10,13-16,23H,2-4,11-12,17-20H2,1H3. The first-order chi connectivity index (χ1) is 16.7. The van der Waals surface area contributed by atoms with Gasteiger partial charge in [-0.25, -0.2) is 4.98 Å². The Morgan fingerprint density at radius 3 is 2.32 bits per heavy atom. The van der Waals surface area contributed by atoms with E-state index in [1.165, 1.54) is 7.11 Å². The Kier molecular flexibility index (Phi) is 8.12. The average molecular weight is 461 g/mol. The Morgan fingerprint density at radius 1 is 0.971 bits per heavy atom. The molecule has 0 spiro atoms. The molecule has 0 bridgehead atoms. The molecule has 1 aliphatic heterocycles. The van der Waals surface area contributed by atoms with Gasteiger partial charge in [0.2, 0.25) is 11.8 Å². The Balaban J connectivity index is 1.44. The van der Waals surface area contributed by atoms with Gasteiger partial charge in [-0.2, -0.15) is 0 Å². The minimum atomic E-state index is -0.152. The van der Waals surface area contributed by atoms with Gasteiger partial charge in [0.1, 0.15) is 11.7 Å². The minimum absolute atomic E-state index is 0.133. The lowest BCUT2D eigenvalue weighted by atomic mass is 10.1. The van der Waals surface area contributed by atoms with Crippen LogP contribution in [-0.2, 0) is 14.3 Å². The van der Waals surface area contributed by atoms with Gasteiger partial charge in [0.15, 0.2) is 5.76 Å². The number of amides is 1. The topological polar surface area (TPSA) is 72.6 Å². The van der Waals surface area contributed by atoms with Crippen molar-refractivity contribution in [1.82, 2.24) is 9.88 Å². The van der Waals surface area contributed by atoms with Crippen molar-refractivity contribution in [2.75, 3.05) is 13.7 Å². The van der Waals surface area contributed by atoms with Gasteiger partial charge in [-0.3, -0.25) is 9.59 Å². The summed E-state index contributed by atoms with van der Waals surface area (Å²) in [5.74, 6) is 1.37. The van der Waals surface area contributed by atoms with E-state index in [-0.39, 0.29) is 17.9 Å². The third-order valence-electron chi connectivity index (χ3n) is 6.35. The number of methoxy groups -OCH3 is 1. The number of rotatable bonds is 11. The predicted molar refractivity (Wildman–Crippen MR) is 131 cm³/mol. The Hall–Kier alpha value is -3.41. The normalized spacial score (nSPS) is 15.6. The van der Waals surface area contributed by atoms with Crippen LogP contribution in [0.2, 0.25) is 0 Å². The highest BCUT2D eigenvalue weighted by Gasteiger charge is 2.36. The monoisotopic (exact) mass is 460 g/mol. The number of esters is 1. The molecule has 4 rings (SSSR count). The molecule has 3 aromatic rings. The highest BCUT2D eigenvalue weighted by atomic mass is 16.5. The predicted octanol–water partition coefficient (Wildman–Crippen LogP) is 6.19. The fourth-order valence-electron chi connectivity index (χ4n) is 4.51. The Morgan fingerprint density at radius 2 is 1.62 bits per heavy atom. The number of hydrogen-bond donors (Lipinski definition) is 0. The highest BCUT2D eigenvalue weighted by Crippen LogP contribution is 2.39. The van der Waals surface area contributed by atoms with Crippen molar-refractivity contribution in [3.05, 3.63) is 66.6 Å². The van der Waals surface area contributed by atoms with Gasteiger partial charge in [-0.05, 0) is 19.3 Å². The number of unbranched alkanes of at least 4 members (excludes halogenated alkanes) is 4. The molecule has 0 N–H and O–H groups in total. The third kappa shape index (κ3) is 5.74. The first-order valence-electron chi connectivity index (χ1n) is 12.1. The lowest BCUT2D eigenvalue weighted by Gasteiger charge is -2.22. The number of ether oxygens (including phenoxy) is 1. The van der Waals surface area contributed by atoms with Gasteiger partial charge in [-0.15, -0.1) is 0 Å². The third-order valence-corrected chi connectivity index (χ3v) is 6.35. The molecule has 1 amide bonds. The second-order valence-corrected chi connectivity index (χ2v) is 8.70. The number of hydrogen-bond acceptors (Lipinski definition) is 5. The van der Waals surface area contributed by atoms with E-state index in [0.29, 0.717) is 25.3 Å². The molecule has 1 aliphatic rings. The summed E-state index contributed by atoms with van der Waals surface area (Å²) < 4.78 is 11.0. The van der Waals surface area contributed by atoms with Crippen molar-refractivity contribution >= 4 is 11.9 Å². The van der Waals surface area contributed by atoms with E-state index in [4.69, 9.17) is 9.40 Å². The van der Waals surface area contributed by atoms with E-state index in [0.717, 1.165) is 61.1 Å². The molecule has 0 radical (unpaired) electrons. The number of likely N-dealkylation sites (tertiary alicyclic amines) is 1. The molecular formula is C28H32N2O4. The fourth-order valence-corrected chi connectivity index (χ4v) is 4.51. The number of carbonyl (C=O) groups is 2. The first kappa shape index (κ1) is 23.7. The lowest BCUT2D eigenvalue weighted by molar-refractivity contribution is -0.140. The van der Waals surface area contributed by atoms with E-state index in [2.05, 4.69) is 4.74 Å². The van der Waals surface area contributed by atoms with Gasteiger partial charge in [0.25, 0.3) is 0 Å². The first-order valence-corrected chi connectivity index (χ1v) is 12.1. The molecule has 0 aliphatic carbocycles. The van der Waals surface area contributed by atoms with E-state index in [1.807, 2.05) is 65.6 Å². The number of oxazole rings is 1. The van der Waals surface area contributed by atoms with Crippen LogP contribution >= 0.6 is 0 Å². The summed E-state index contributed by atoms with van der Waals surface area (Å²) in [6.07, 6.45) is 6.55. The van der Waals surface area contributed by atoms with Crippen molar-refractivity contribution in [2.45, 2.75) is 57.4 Å². The number of benzene rings is 2. The summed E-state index contributed by atoms with van der Waals surface area (Å²) in [4.78, 5) is 30.7. The quantitative estimate of drug-likeness (QED) is 0.252. The highest BCUT2D eigenvalue weighted by molar-refractivity contribution is 5.80. The molecular weight excluding hydrogens is 428 g/mol. The summed E-state index contributed by atoms with van der Waals surface area (Å²) in [6.45, 7) is 0.699. The van der Waals surface area contributed by atoms with Crippen molar-refractivity contribution in [1.29, 1.82) is 0 Å². The molecule has 2 aromatic carbocycles. The molecule has 1 fully saturated rings. The minimum Gasteiger partial charge on any atom is -0.469 e. The molecule has 34 heavy (non-hydrogen) atoms. The van der Waals surface area contributed by atoms with Crippen LogP contribution in [0.1, 0.15) is 63.3 Å². The van der Waals surface area contributed by atoms with Crippen molar-refractivity contribution in [2.24, 2.45) is 0 Å². The van der Waals surface area contributed by atoms with Crippen LogP contribution in [0.4, 0.5) is 0 Å². The maximum absolute atomic E-state index is 12.7. The van der Waals surface area contributed by atoms with Crippen molar-refractivity contribution in [3.63, 3.8) is 0 Å². The second kappa shape index (κ2) is 11.6. The zero-order valence-corrected chi connectivity index (χ0v) is 19.7.